The summed E-state index contributed by atoms with van der Waals surface area (Å²) in [7, 11) is 1.05. The lowest BCUT2D eigenvalue weighted by Crippen LogP contribution is -2.37. The highest BCUT2D eigenvalue weighted by atomic mass is 31.2. The molecule has 0 saturated carbocycles. The van der Waals surface area contributed by atoms with E-state index in [9.17, 15) is 34.4 Å². The molecular weight excluding hydrogens is 749 g/mol. The largest absolute Gasteiger partial charge is 0.756 e. The number of nitrogens with zero attached hydrogens (tertiary/aromatic N) is 1. The molecule has 57 heavy (non-hydrogen) atoms. The van der Waals surface area contributed by atoms with Crippen LogP contribution in [0.3, 0.4) is 0 Å². The van der Waals surface area contributed by atoms with Gasteiger partial charge in [0.15, 0.2) is 6.10 Å². The molecule has 5 atom stereocenters. The summed E-state index contributed by atoms with van der Waals surface area (Å²) < 4.78 is 33.8. The number of carbonyl (C=O) groups is 2. The molecule has 0 spiro atoms. The van der Waals surface area contributed by atoms with Gasteiger partial charge in [0.25, 0.3) is 7.82 Å². The Morgan fingerprint density at radius 3 is 1.60 bits per heavy atom. The third kappa shape index (κ3) is 38.6. The molecule has 13 heteroatoms. The molecule has 0 aromatic rings. The Bertz CT molecular complexity index is 1040. The first-order valence-electron chi connectivity index (χ1n) is 22.7. The van der Waals surface area contributed by atoms with Crippen LogP contribution < -0.4 is 4.89 Å². The third-order valence-corrected chi connectivity index (χ3v) is 11.0. The van der Waals surface area contributed by atoms with Crippen molar-refractivity contribution in [1.82, 2.24) is 0 Å². The van der Waals surface area contributed by atoms with Gasteiger partial charge in [0.1, 0.15) is 19.8 Å². The molecule has 0 aliphatic rings. The average molecular weight is 836 g/mol. The summed E-state index contributed by atoms with van der Waals surface area (Å²) >= 11 is 0. The van der Waals surface area contributed by atoms with E-state index in [-0.39, 0.29) is 26.1 Å². The van der Waals surface area contributed by atoms with Crippen LogP contribution >= 0.6 is 7.82 Å². The minimum absolute atomic E-state index is 0.0644. The number of likely N-dealkylation sites (N-methyl/N-ethyl adjacent to an activating group) is 1. The quantitative estimate of drug-likeness (QED) is 0.0177. The number of carbonyl (C=O) groups excluding carboxylic acids is 2. The summed E-state index contributed by atoms with van der Waals surface area (Å²) in [6.45, 7) is 3.87. The van der Waals surface area contributed by atoms with E-state index < -0.39 is 50.8 Å². The lowest BCUT2D eigenvalue weighted by molar-refractivity contribution is -0.870. The fourth-order valence-electron chi connectivity index (χ4n) is 6.29. The van der Waals surface area contributed by atoms with Crippen molar-refractivity contribution < 1.29 is 57.4 Å². The molecule has 12 nitrogen and oxygen atoms in total. The molecule has 3 N–H and O–H groups in total. The average Bonchev–Trinajstić information content (AvgIpc) is 3.15. The second kappa shape index (κ2) is 36.5. The lowest BCUT2D eigenvalue weighted by Gasteiger charge is -2.28. The summed E-state index contributed by atoms with van der Waals surface area (Å²) in [5.74, 6) is -0.961. The van der Waals surface area contributed by atoms with Gasteiger partial charge in [-0.2, -0.15) is 0 Å². The molecule has 0 radical (unpaired) electrons. The van der Waals surface area contributed by atoms with Gasteiger partial charge in [-0.25, -0.2) is 0 Å². The molecule has 5 unspecified atom stereocenters. The molecule has 338 valence electrons. The predicted molar refractivity (Wildman–Crippen MR) is 226 cm³/mol. The third-order valence-electron chi connectivity index (χ3n) is 10.1. The van der Waals surface area contributed by atoms with E-state index in [4.69, 9.17) is 18.5 Å². The number of phosphoric ester groups is 1. The number of esters is 2. The normalized spacial score (nSPS) is 15.3. The number of rotatable bonds is 41. The standard InChI is InChI=1S/C44H86NO11P/c1-6-8-10-11-12-13-14-15-16-17-18-19-20-23-27-31-43(49)53-37-40(38-55-57(51,52)54-36-35-45(3,4)5)56-44(50)32-28-24-21-22-26-29-39(46)33-34-42(48)41(47)30-25-9-7-2/h33-34,39-42,46-48H,6-32,35-38H2,1-5H3/b34-33+. The van der Waals surface area contributed by atoms with Gasteiger partial charge in [-0.05, 0) is 25.7 Å². The van der Waals surface area contributed by atoms with Crippen LogP contribution in [0, 0.1) is 0 Å². The predicted octanol–water partition coefficient (Wildman–Crippen LogP) is 8.86. The SMILES string of the molecule is CCCCCCCCCCCCCCCCCC(=O)OCC(COP(=O)([O-])OCC[N+](C)(C)C)OC(=O)CCCCCCCC(O)/C=C/C(O)C(O)CCCCC. The van der Waals surface area contributed by atoms with Crippen molar-refractivity contribution in [1.29, 1.82) is 0 Å². The van der Waals surface area contributed by atoms with Crippen LogP contribution in [0.1, 0.15) is 187 Å². The van der Waals surface area contributed by atoms with Gasteiger partial charge in [-0.1, -0.05) is 161 Å². The van der Waals surface area contributed by atoms with Gasteiger partial charge in [0.2, 0.25) is 0 Å². The highest BCUT2D eigenvalue weighted by molar-refractivity contribution is 7.45. The molecule has 0 aromatic carbocycles. The van der Waals surface area contributed by atoms with Gasteiger partial charge in [0, 0.05) is 12.8 Å². The second-order valence-corrected chi connectivity index (χ2v) is 18.3. The Kier molecular flexibility index (Phi) is 35.6. The highest BCUT2D eigenvalue weighted by Crippen LogP contribution is 2.38. The molecule has 0 aliphatic heterocycles. The number of ether oxygens (including phenoxy) is 2. The molecule has 0 rings (SSSR count). The molecule has 0 heterocycles. The van der Waals surface area contributed by atoms with Gasteiger partial charge < -0.3 is 43.2 Å². The number of phosphoric acid groups is 1. The summed E-state index contributed by atoms with van der Waals surface area (Å²) in [6.07, 6.45) is 25.9. The van der Waals surface area contributed by atoms with Crippen LogP contribution in [-0.4, -0.2) is 104 Å². The van der Waals surface area contributed by atoms with Gasteiger partial charge in [-0.3, -0.25) is 14.2 Å². The molecule has 0 fully saturated rings. The number of aliphatic hydroxyl groups is 3. The Hall–Kier alpha value is -1.37. The fraction of sp³-hybridized carbons (Fsp3) is 0.909. The van der Waals surface area contributed by atoms with Gasteiger partial charge in [-0.15, -0.1) is 0 Å². The Morgan fingerprint density at radius 1 is 0.614 bits per heavy atom. The van der Waals surface area contributed by atoms with E-state index >= 15 is 0 Å². The van der Waals surface area contributed by atoms with Crippen molar-refractivity contribution in [2.24, 2.45) is 0 Å². The molecule has 0 aliphatic carbocycles. The summed E-state index contributed by atoms with van der Waals surface area (Å²) in [6, 6.07) is 0. The van der Waals surface area contributed by atoms with Gasteiger partial charge >= 0.3 is 11.9 Å². The Balaban J connectivity index is 4.48. The first-order valence-corrected chi connectivity index (χ1v) is 24.1. The highest BCUT2D eigenvalue weighted by Gasteiger charge is 2.22. The Morgan fingerprint density at radius 2 is 1.07 bits per heavy atom. The van der Waals surface area contributed by atoms with Crippen LogP contribution in [0.2, 0.25) is 0 Å². The van der Waals surface area contributed by atoms with Crippen molar-refractivity contribution in [2.75, 3.05) is 47.5 Å². The lowest BCUT2D eigenvalue weighted by atomic mass is 10.0. The van der Waals surface area contributed by atoms with Crippen LogP contribution in [0.4, 0.5) is 0 Å². The molecule has 0 amide bonds. The molecular formula is C44H86NO11P. The zero-order valence-electron chi connectivity index (χ0n) is 36.9. The van der Waals surface area contributed by atoms with Crippen molar-refractivity contribution in [3.05, 3.63) is 12.2 Å². The van der Waals surface area contributed by atoms with E-state index in [2.05, 4.69) is 13.8 Å². The van der Waals surface area contributed by atoms with E-state index in [1.807, 2.05) is 21.1 Å². The second-order valence-electron chi connectivity index (χ2n) is 16.9. The number of aliphatic hydroxyl groups excluding tert-OH is 3. The molecule has 0 saturated heterocycles. The zero-order chi connectivity index (χ0) is 42.6. The topological polar surface area (TPSA) is 172 Å². The first-order chi connectivity index (χ1) is 27.2. The smallest absolute Gasteiger partial charge is 0.306 e. The number of quaternary nitrogens is 1. The van der Waals surface area contributed by atoms with E-state index in [1.54, 1.807) is 0 Å². The van der Waals surface area contributed by atoms with Gasteiger partial charge in [0.05, 0.1) is 46.1 Å². The minimum atomic E-state index is -4.67. The van der Waals surface area contributed by atoms with E-state index in [0.29, 0.717) is 36.7 Å². The monoisotopic (exact) mass is 836 g/mol. The fourth-order valence-corrected chi connectivity index (χ4v) is 7.02. The molecule has 0 aromatic heterocycles. The summed E-state index contributed by atoms with van der Waals surface area (Å²) in [5.41, 5.74) is 0. The van der Waals surface area contributed by atoms with Crippen LogP contribution in [-0.2, 0) is 32.7 Å². The number of hydrogen-bond acceptors (Lipinski definition) is 11. The van der Waals surface area contributed by atoms with Crippen molar-refractivity contribution in [2.45, 2.75) is 212 Å². The van der Waals surface area contributed by atoms with Crippen LogP contribution in [0.15, 0.2) is 12.2 Å². The summed E-state index contributed by atoms with van der Waals surface area (Å²) in [4.78, 5) is 37.6. The van der Waals surface area contributed by atoms with E-state index in [1.165, 1.54) is 82.8 Å². The van der Waals surface area contributed by atoms with Crippen molar-refractivity contribution in [3.8, 4) is 0 Å². The maximum absolute atomic E-state index is 12.7. The summed E-state index contributed by atoms with van der Waals surface area (Å²) in [5, 5.41) is 30.3. The minimum Gasteiger partial charge on any atom is -0.756 e. The van der Waals surface area contributed by atoms with Crippen molar-refractivity contribution >= 4 is 19.8 Å². The Labute approximate surface area is 347 Å². The maximum Gasteiger partial charge on any atom is 0.306 e. The molecule has 0 bridgehead atoms. The number of hydrogen-bond donors (Lipinski definition) is 3. The van der Waals surface area contributed by atoms with Crippen LogP contribution in [0.25, 0.3) is 0 Å². The van der Waals surface area contributed by atoms with Crippen molar-refractivity contribution in [3.63, 3.8) is 0 Å². The first kappa shape index (κ1) is 55.6. The zero-order valence-corrected chi connectivity index (χ0v) is 37.8. The van der Waals surface area contributed by atoms with E-state index in [0.717, 1.165) is 64.2 Å². The van der Waals surface area contributed by atoms with Crippen LogP contribution in [0.5, 0.6) is 0 Å². The maximum atomic E-state index is 12.7. The number of unbranched alkanes of at least 4 members (excludes halogenated alkanes) is 20.